The summed E-state index contributed by atoms with van der Waals surface area (Å²) in [6, 6.07) is 16.7. The van der Waals surface area contributed by atoms with E-state index in [1.807, 2.05) is 37.3 Å². The number of nitrogens with zero attached hydrogens (tertiary/aromatic N) is 1. The summed E-state index contributed by atoms with van der Waals surface area (Å²) in [5.74, 6) is 0.285. The highest BCUT2D eigenvalue weighted by molar-refractivity contribution is 6.09. The van der Waals surface area contributed by atoms with Gasteiger partial charge in [-0.3, -0.25) is 4.79 Å². The number of benzene rings is 2. The molecule has 0 bridgehead atoms. The van der Waals surface area contributed by atoms with Gasteiger partial charge in [-0.2, -0.15) is 5.26 Å². The number of ether oxygens (including phenoxy) is 1. The van der Waals surface area contributed by atoms with Crippen molar-refractivity contribution in [1.29, 1.82) is 5.26 Å². The second kappa shape index (κ2) is 9.09. The summed E-state index contributed by atoms with van der Waals surface area (Å²) >= 11 is 0. The fraction of sp³-hybridized carbons (Fsp3) is 0.143. The maximum Gasteiger partial charge on any atom is 0.266 e. The number of hydrogen-bond acceptors (Lipinski definition) is 3. The number of hydrogen-bond donors (Lipinski definition) is 1. The van der Waals surface area contributed by atoms with Gasteiger partial charge < -0.3 is 10.1 Å². The van der Waals surface area contributed by atoms with E-state index in [0.717, 1.165) is 23.2 Å². The number of carbonyl (C=O) groups excluding carboxylic acids is 1. The first kappa shape index (κ1) is 18.0. The molecule has 0 heterocycles. The predicted octanol–water partition coefficient (Wildman–Crippen LogP) is 4.36. The van der Waals surface area contributed by atoms with E-state index in [1.54, 1.807) is 36.4 Å². The fourth-order valence-electron chi connectivity index (χ4n) is 2.27. The van der Waals surface area contributed by atoms with Gasteiger partial charge in [0.2, 0.25) is 0 Å². The van der Waals surface area contributed by atoms with Gasteiger partial charge in [0.25, 0.3) is 5.91 Å². The molecule has 0 aliphatic heterocycles. The molecule has 0 radical (unpaired) electrons. The van der Waals surface area contributed by atoms with Gasteiger partial charge in [0.15, 0.2) is 0 Å². The van der Waals surface area contributed by atoms with Crippen LogP contribution in [0.2, 0.25) is 0 Å². The third-order valence-corrected chi connectivity index (χ3v) is 3.57. The topological polar surface area (TPSA) is 62.1 Å². The van der Waals surface area contributed by atoms with Gasteiger partial charge in [-0.25, -0.2) is 0 Å². The lowest BCUT2D eigenvalue weighted by atomic mass is 10.1. The highest BCUT2D eigenvalue weighted by atomic mass is 16.5. The first-order chi connectivity index (χ1) is 12.2. The van der Waals surface area contributed by atoms with E-state index in [2.05, 4.69) is 11.9 Å². The van der Waals surface area contributed by atoms with E-state index in [4.69, 9.17) is 4.74 Å². The highest BCUT2D eigenvalue weighted by Crippen LogP contribution is 2.18. The molecule has 4 heteroatoms. The zero-order valence-electron chi connectivity index (χ0n) is 14.2. The van der Waals surface area contributed by atoms with Gasteiger partial charge in [0.05, 0.1) is 0 Å². The molecule has 0 saturated carbocycles. The van der Waals surface area contributed by atoms with E-state index in [0.29, 0.717) is 12.4 Å². The molecule has 4 nitrogen and oxygen atoms in total. The zero-order chi connectivity index (χ0) is 18.1. The van der Waals surface area contributed by atoms with Crippen LogP contribution >= 0.6 is 0 Å². The van der Waals surface area contributed by atoms with Gasteiger partial charge in [-0.05, 0) is 41.8 Å². The second-order valence-corrected chi connectivity index (χ2v) is 5.30. The molecule has 1 amide bonds. The molecule has 25 heavy (non-hydrogen) atoms. The van der Waals surface area contributed by atoms with Crippen LogP contribution in [0.3, 0.4) is 0 Å². The van der Waals surface area contributed by atoms with E-state index < -0.39 is 5.91 Å². The molecule has 0 aromatic heterocycles. The average molecular weight is 332 g/mol. The number of para-hydroxylation sites is 1. The Hall–Kier alpha value is -3.32. The molecule has 2 aromatic rings. The van der Waals surface area contributed by atoms with Crippen molar-refractivity contribution < 1.29 is 9.53 Å². The first-order valence-corrected chi connectivity index (χ1v) is 8.02. The summed E-state index contributed by atoms with van der Waals surface area (Å²) in [5, 5.41) is 12.1. The van der Waals surface area contributed by atoms with Gasteiger partial charge in [0.1, 0.15) is 24.0 Å². The lowest BCUT2D eigenvalue weighted by Gasteiger charge is -2.09. The average Bonchev–Trinajstić information content (AvgIpc) is 2.65. The molecule has 0 aliphatic rings. The molecule has 2 rings (SSSR count). The zero-order valence-corrected chi connectivity index (χ0v) is 14.2. The van der Waals surface area contributed by atoms with Crippen LogP contribution in [0.5, 0.6) is 5.75 Å². The SMILES string of the molecule is C=CCOc1ccc(/C=C(\C#N)C(=O)Nc2ccccc2CC)cc1. The number of aryl methyl sites for hydroxylation is 1. The smallest absolute Gasteiger partial charge is 0.266 e. The second-order valence-electron chi connectivity index (χ2n) is 5.30. The number of rotatable bonds is 7. The molecular weight excluding hydrogens is 312 g/mol. The van der Waals surface area contributed by atoms with Gasteiger partial charge in [-0.15, -0.1) is 0 Å². The monoisotopic (exact) mass is 332 g/mol. The molecule has 126 valence electrons. The van der Waals surface area contributed by atoms with E-state index in [-0.39, 0.29) is 5.57 Å². The third kappa shape index (κ3) is 5.08. The van der Waals surface area contributed by atoms with Crippen molar-refractivity contribution in [3.8, 4) is 11.8 Å². The summed E-state index contributed by atoms with van der Waals surface area (Å²) in [5.41, 5.74) is 2.55. The van der Waals surface area contributed by atoms with Gasteiger partial charge >= 0.3 is 0 Å². The Balaban J connectivity index is 2.15. The minimum atomic E-state index is -0.421. The van der Waals surface area contributed by atoms with Crippen molar-refractivity contribution >= 4 is 17.7 Å². The lowest BCUT2D eigenvalue weighted by Crippen LogP contribution is -2.14. The fourth-order valence-corrected chi connectivity index (χ4v) is 2.27. The van der Waals surface area contributed by atoms with Gasteiger partial charge in [0, 0.05) is 5.69 Å². The van der Waals surface area contributed by atoms with Crippen LogP contribution in [0.1, 0.15) is 18.1 Å². The lowest BCUT2D eigenvalue weighted by molar-refractivity contribution is -0.112. The Labute approximate surface area is 148 Å². The van der Waals surface area contributed by atoms with E-state index in [1.165, 1.54) is 0 Å². The maximum atomic E-state index is 12.4. The Kier molecular flexibility index (Phi) is 6.56. The highest BCUT2D eigenvalue weighted by Gasteiger charge is 2.11. The maximum absolute atomic E-state index is 12.4. The van der Waals surface area contributed by atoms with Crippen molar-refractivity contribution in [2.24, 2.45) is 0 Å². The number of nitrogens with one attached hydrogen (secondary N) is 1. The number of amides is 1. The van der Waals surface area contributed by atoms with Crippen molar-refractivity contribution in [3.05, 3.63) is 77.9 Å². The Morgan fingerprint density at radius 2 is 1.96 bits per heavy atom. The van der Waals surface area contributed by atoms with Crippen molar-refractivity contribution in [3.63, 3.8) is 0 Å². The minimum Gasteiger partial charge on any atom is -0.490 e. The van der Waals surface area contributed by atoms with E-state index >= 15 is 0 Å². The summed E-state index contributed by atoms with van der Waals surface area (Å²) in [6.07, 6.45) is 4.02. The summed E-state index contributed by atoms with van der Waals surface area (Å²) in [4.78, 5) is 12.4. The van der Waals surface area contributed by atoms with Crippen LogP contribution in [0.4, 0.5) is 5.69 Å². The summed E-state index contributed by atoms with van der Waals surface area (Å²) < 4.78 is 5.41. The third-order valence-electron chi connectivity index (χ3n) is 3.57. The van der Waals surface area contributed by atoms with Crippen LogP contribution in [-0.4, -0.2) is 12.5 Å². The molecule has 0 atom stereocenters. The molecule has 0 fully saturated rings. The number of carbonyl (C=O) groups is 1. The predicted molar refractivity (Wildman–Crippen MR) is 100 cm³/mol. The molecule has 0 spiro atoms. The Bertz CT molecular complexity index is 815. The molecule has 2 aromatic carbocycles. The number of nitriles is 1. The normalized spacial score (nSPS) is 10.6. The minimum absolute atomic E-state index is 0.0469. The van der Waals surface area contributed by atoms with Crippen molar-refractivity contribution in [2.45, 2.75) is 13.3 Å². The van der Waals surface area contributed by atoms with Gasteiger partial charge in [-0.1, -0.05) is 49.9 Å². The number of anilines is 1. The largest absolute Gasteiger partial charge is 0.490 e. The standard InChI is InChI=1S/C21H20N2O2/c1-3-13-25-19-11-9-16(10-12-19)14-18(15-22)21(24)23-20-8-6-5-7-17(20)4-2/h3,5-12,14H,1,4,13H2,2H3,(H,23,24)/b18-14+. The Morgan fingerprint density at radius 3 is 2.60 bits per heavy atom. The van der Waals surface area contributed by atoms with Crippen LogP contribution < -0.4 is 10.1 Å². The molecule has 0 aliphatic carbocycles. The molecule has 0 saturated heterocycles. The van der Waals surface area contributed by atoms with Crippen LogP contribution in [0, 0.1) is 11.3 Å². The first-order valence-electron chi connectivity index (χ1n) is 8.02. The van der Waals surface area contributed by atoms with Crippen LogP contribution in [0.25, 0.3) is 6.08 Å². The van der Waals surface area contributed by atoms with Crippen molar-refractivity contribution in [2.75, 3.05) is 11.9 Å². The van der Waals surface area contributed by atoms with Crippen LogP contribution in [-0.2, 0) is 11.2 Å². The summed E-state index contributed by atoms with van der Waals surface area (Å²) in [6.45, 7) is 6.04. The molecule has 1 N–H and O–H groups in total. The van der Waals surface area contributed by atoms with E-state index in [9.17, 15) is 10.1 Å². The Morgan fingerprint density at radius 1 is 1.24 bits per heavy atom. The summed E-state index contributed by atoms with van der Waals surface area (Å²) in [7, 11) is 0. The van der Waals surface area contributed by atoms with Crippen molar-refractivity contribution in [1.82, 2.24) is 0 Å². The molecule has 0 unspecified atom stereocenters. The quantitative estimate of drug-likeness (QED) is 0.465. The van der Waals surface area contributed by atoms with Crippen LogP contribution in [0.15, 0.2) is 66.8 Å². The molecular formula is C21H20N2O2.